The van der Waals surface area contributed by atoms with Crippen LogP contribution in [0.5, 0.6) is 0 Å². The molecule has 2 aromatic rings. The summed E-state index contributed by atoms with van der Waals surface area (Å²) in [5.74, 6) is -1.62. The SMILES string of the molecule is C[C@H](OC(=O)c1cc2ccccc2c(=O)[nH]1)C(=O)NCCN1C(=O)CSC1=O. The molecule has 0 saturated carbocycles. The van der Waals surface area contributed by atoms with Crippen LogP contribution in [0.15, 0.2) is 35.1 Å². The first-order valence-corrected chi connectivity index (χ1v) is 9.43. The number of ether oxygens (including phenoxy) is 1. The first-order valence-electron chi connectivity index (χ1n) is 8.44. The number of aromatic nitrogens is 1. The maximum absolute atomic E-state index is 12.3. The van der Waals surface area contributed by atoms with E-state index in [2.05, 4.69) is 10.3 Å². The molecule has 1 aromatic carbocycles. The van der Waals surface area contributed by atoms with Gasteiger partial charge in [-0.15, -0.1) is 0 Å². The molecule has 1 aliphatic heterocycles. The van der Waals surface area contributed by atoms with Crippen molar-refractivity contribution in [3.8, 4) is 0 Å². The second-order valence-corrected chi connectivity index (χ2v) is 6.96. The highest BCUT2D eigenvalue weighted by molar-refractivity contribution is 8.14. The van der Waals surface area contributed by atoms with Gasteiger partial charge in [-0.25, -0.2) is 4.79 Å². The van der Waals surface area contributed by atoms with E-state index in [0.717, 1.165) is 16.7 Å². The molecule has 0 unspecified atom stereocenters. The highest BCUT2D eigenvalue weighted by Crippen LogP contribution is 2.17. The predicted molar refractivity (Wildman–Crippen MR) is 102 cm³/mol. The van der Waals surface area contributed by atoms with Gasteiger partial charge in [0.1, 0.15) is 5.69 Å². The van der Waals surface area contributed by atoms with E-state index in [1.165, 1.54) is 13.0 Å². The fourth-order valence-corrected chi connectivity index (χ4v) is 3.38. The van der Waals surface area contributed by atoms with Crippen LogP contribution in [0.25, 0.3) is 10.8 Å². The lowest BCUT2D eigenvalue weighted by atomic mass is 10.1. The highest BCUT2D eigenvalue weighted by atomic mass is 32.2. The van der Waals surface area contributed by atoms with E-state index >= 15 is 0 Å². The molecular formula is C18H17N3O6S. The summed E-state index contributed by atoms with van der Waals surface area (Å²) in [5, 5.41) is 3.17. The fourth-order valence-electron chi connectivity index (χ4n) is 2.63. The van der Waals surface area contributed by atoms with Crippen LogP contribution in [0.4, 0.5) is 4.79 Å². The zero-order valence-corrected chi connectivity index (χ0v) is 15.7. The van der Waals surface area contributed by atoms with Gasteiger partial charge in [-0.3, -0.25) is 24.1 Å². The van der Waals surface area contributed by atoms with Crippen molar-refractivity contribution in [2.24, 2.45) is 0 Å². The molecule has 28 heavy (non-hydrogen) atoms. The lowest BCUT2D eigenvalue weighted by Gasteiger charge is -2.16. The molecular weight excluding hydrogens is 386 g/mol. The van der Waals surface area contributed by atoms with E-state index in [4.69, 9.17) is 4.74 Å². The number of hydrogen-bond donors (Lipinski definition) is 2. The molecule has 1 saturated heterocycles. The minimum Gasteiger partial charge on any atom is -0.448 e. The number of thioether (sulfide) groups is 1. The van der Waals surface area contributed by atoms with Crippen LogP contribution >= 0.6 is 11.8 Å². The first kappa shape index (κ1) is 19.6. The van der Waals surface area contributed by atoms with E-state index in [1.54, 1.807) is 24.3 Å². The topological polar surface area (TPSA) is 126 Å². The van der Waals surface area contributed by atoms with Gasteiger partial charge in [0.05, 0.1) is 5.75 Å². The lowest BCUT2D eigenvalue weighted by Crippen LogP contribution is -2.41. The van der Waals surface area contributed by atoms with Gasteiger partial charge in [-0.05, 0) is 24.4 Å². The number of nitrogens with zero attached hydrogens (tertiary/aromatic N) is 1. The van der Waals surface area contributed by atoms with Crippen molar-refractivity contribution in [1.82, 2.24) is 15.2 Å². The number of H-pyrrole nitrogens is 1. The molecule has 0 aliphatic carbocycles. The van der Waals surface area contributed by atoms with Gasteiger partial charge in [-0.2, -0.15) is 0 Å². The zero-order valence-electron chi connectivity index (χ0n) is 14.9. The summed E-state index contributed by atoms with van der Waals surface area (Å²) in [5.41, 5.74) is -0.492. The lowest BCUT2D eigenvalue weighted by molar-refractivity contribution is -0.130. The molecule has 0 spiro atoms. The number of carbonyl (C=O) groups is 4. The quantitative estimate of drug-likeness (QED) is 0.686. The number of fused-ring (bicyclic) bond motifs is 1. The number of imide groups is 1. The van der Waals surface area contributed by atoms with Crippen molar-refractivity contribution in [2.75, 3.05) is 18.8 Å². The summed E-state index contributed by atoms with van der Waals surface area (Å²) in [4.78, 5) is 62.8. The monoisotopic (exact) mass is 403 g/mol. The van der Waals surface area contributed by atoms with E-state index < -0.39 is 23.5 Å². The molecule has 1 aromatic heterocycles. The summed E-state index contributed by atoms with van der Waals surface area (Å²) in [6, 6.07) is 8.25. The summed E-state index contributed by atoms with van der Waals surface area (Å²) in [7, 11) is 0. The summed E-state index contributed by atoms with van der Waals surface area (Å²) < 4.78 is 5.09. The van der Waals surface area contributed by atoms with Crippen molar-refractivity contribution >= 4 is 45.6 Å². The van der Waals surface area contributed by atoms with E-state index in [1.807, 2.05) is 0 Å². The van der Waals surface area contributed by atoms with Gasteiger partial charge in [0, 0.05) is 18.5 Å². The van der Waals surface area contributed by atoms with Gasteiger partial charge in [-0.1, -0.05) is 30.0 Å². The van der Waals surface area contributed by atoms with Gasteiger partial charge in [0.15, 0.2) is 6.10 Å². The average molecular weight is 403 g/mol. The number of hydrogen-bond acceptors (Lipinski definition) is 7. The van der Waals surface area contributed by atoms with Crippen molar-refractivity contribution in [1.29, 1.82) is 0 Å². The summed E-state index contributed by atoms with van der Waals surface area (Å²) in [6.45, 7) is 1.48. The van der Waals surface area contributed by atoms with Crippen LogP contribution in [0, 0.1) is 0 Å². The molecule has 9 nitrogen and oxygen atoms in total. The van der Waals surface area contributed by atoms with Crippen molar-refractivity contribution in [3.05, 3.63) is 46.4 Å². The minimum atomic E-state index is -1.12. The van der Waals surface area contributed by atoms with Crippen molar-refractivity contribution in [2.45, 2.75) is 13.0 Å². The number of amides is 3. The van der Waals surface area contributed by atoms with Crippen LogP contribution in [0.3, 0.4) is 0 Å². The Bertz CT molecular complexity index is 1000. The van der Waals surface area contributed by atoms with Gasteiger partial charge in [0.25, 0.3) is 16.7 Å². The Kier molecular flexibility index (Phi) is 5.78. The third kappa shape index (κ3) is 4.22. The highest BCUT2D eigenvalue weighted by Gasteiger charge is 2.29. The van der Waals surface area contributed by atoms with Gasteiger partial charge in [0.2, 0.25) is 5.91 Å². The molecule has 2 N–H and O–H groups in total. The number of pyridine rings is 1. The normalized spacial score (nSPS) is 15.0. The fraction of sp³-hybridized carbons (Fsp3) is 0.278. The Hall–Kier alpha value is -3.14. The smallest absolute Gasteiger partial charge is 0.355 e. The van der Waals surface area contributed by atoms with E-state index in [-0.39, 0.29) is 35.7 Å². The van der Waals surface area contributed by atoms with E-state index in [9.17, 15) is 24.0 Å². The van der Waals surface area contributed by atoms with Crippen molar-refractivity contribution < 1.29 is 23.9 Å². The van der Waals surface area contributed by atoms with Crippen LogP contribution in [-0.2, 0) is 14.3 Å². The molecule has 146 valence electrons. The largest absolute Gasteiger partial charge is 0.448 e. The Balaban J connectivity index is 1.56. The van der Waals surface area contributed by atoms with E-state index in [0.29, 0.717) is 10.8 Å². The number of carbonyl (C=O) groups excluding carboxylic acids is 4. The molecule has 1 aliphatic rings. The summed E-state index contributed by atoms with van der Waals surface area (Å²) >= 11 is 0.913. The summed E-state index contributed by atoms with van der Waals surface area (Å²) in [6.07, 6.45) is -1.12. The number of nitrogens with one attached hydrogen (secondary N) is 2. The molecule has 3 amide bonds. The Morgan fingerprint density at radius 3 is 2.75 bits per heavy atom. The zero-order chi connectivity index (χ0) is 20.3. The Morgan fingerprint density at radius 2 is 2.04 bits per heavy atom. The van der Waals surface area contributed by atoms with Crippen molar-refractivity contribution in [3.63, 3.8) is 0 Å². The molecule has 10 heteroatoms. The molecule has 0 radical (unpaired) electrons. The third-order valence-electron chi connectivity index (χ3n) is 4.10. The van der Waals surface area contributed by atoms with Crippen LogP contribution in [0.2, 0.25) is 0 Å². The third-order valence-corrected chi connectivity index (χ3v) is 4.96. The molecule has 1 fully saturated rings. The number of esters is 1. The second-order valence-electron chi connectivity index (χ2n) is 6.04. The second kappa shape index (κ2) is 8.26. The molecule has 1 atom stereocenters. The van der Waals surface area contributed by atoms with Crippen LogP contribution < -0.4 is 10.9 Å². The number of benzene rings is 1. The van der Waals surface area contributed by atoms with Crippen LogP contribution in [-0.4, -0.2) is 57.9 Å². The first-order chi connectivity index (χ1) is 13.4. The van der Waals surface area contributed by atoms with Gasteiger partial charge < -0.3 is 15.0 Å². The maximum Gasteiger partial charge on any atom is 0.355 e. The molecule has 2 heterocycles. The number of rotatable bonds is 6. The predicted octanol–water partition coefficient (Wildman–Crippen LogP) is 0.885. The maximum atomic E-state index is 12.3. The minimum absolute atomic E-state index is 0.0472. The average Bonchev–Trinajstić information content (AvgIpc) is 2.99. The number of aromatic amines is 1. The van der Waals surface area contributed by atoms with Crippen LogP contribution in [0.1, 0.15) is 17.4 Å². The Labute approximate surface area is 163 Å². The molecule has 0 bridgehead atoms. The molecule has 3 rings (SSSR count). The standard InChI is InChI=1S/C18H17N3O6S/c1-10(15(23)19-6-7-21-14(22)9-28-18(21)26)27-17(25)13-8-11-4-2-3-5-12(11)16(24)20-13/h2-5,8,10H,6-7,9H2,1H3,(H,19,23)(H,20,24)/t10-/m0/s1. The van der Waals surface area contributed by atoms with Gasteiger partial charge >= 0.3 is 5.97 Å². The Morgan fingerprint density at radius 1 is 1.29 bits per heavy atom.